The van der Waals surface area contributed by atoms with Gasteiger partial charge >= 0.3 is 5.97 Å². The normalized spacial score (nSPS) is 13.1. The van der Waals surface area contributed by atoms with Crippen molar-refractivity contribution in [3.63, 3.8) is 0 Å². The molecule has 1 atom stereocenters. The molecule has 0 radical (unpaired) electrons. The van der Waals surface area contributed by atoms with E-state index in [-0.39, 0.29) is 12.5 Å². The Balaban J connectivity index is 2.49. The zero-order chi connectivity index (χ0) is 13.3. The highest BCUT2D eigenvalue weighted by Gasteiger charge is 2.19. The lowest BCUT2D eigenvalue weighted by Gasteiger charge is -2.14. The summed E-state index contributed by atoms with van der Waals surface area (Å²) in [6.07, 6.45) is 0.238. The Hall–Kier alpha value is -1.88. The average molecular weight is 247 g/mol. The summed E-state index contributed by atoms with van der Waals surface area (Å²) in [6, 6.07) is 7.07. The number of hydrogen-bond acceptors (Lipinski definition) is 3. The van der Waals surface area contributed by atoms with Crippen LogP contribution in [0.2, 0.25) is 0 Å². The monoisotopic (exact) mass is 247 g/mol. The standard InChI is InChI=1S/C13H17N3O2/c1-8(2)16-11-6-4-3-5-10(11)15-12(16)7-9(14)13(17)18/h3-6,8-9H,7,14H2,1-2H3,(H,17,18). The summed E-state index contributed by atoms with van der Waals surface area (Å²) in [5.74, 6) is -0.279. The van der Waals surface area contributed by atoms with Gasteiger partial charge in [0, 0.05) is 12.5 Å². The molecule has 0 saturated carbocycles. The Bertz CT molecular complexity index is 575. The number of aromatic nitrogens is 2. The van der Waals surface area contributed by atoms with E-state index in [2.05, 4.69) is 4.98 Å². The number of carbonyl (C=O) groups is 1. The molecule has 1 unspecified atom stereocenters. The van der Waals surface area contributed by atoms with Crippen molar-refractivity contribution < 1.29 is 9.90 Å². The van der Waals surface area contributed by atoms with E-state index in [0.29, 0.717) is 0 Å². The molecule has 0 aliphatic rings. The predicted molar refractivity (Wildman–Crippen MR) is 69.4 cm³/mol. The van der Waals surface area contributed by atoms with Crippen molar-refractivity contribution in [2.24, 2.45) is 5.73 Å². The lowest BCUT2D eigenvalue weighted by Crippen LogP contribution is -2.33. The highest BCUT2D eigenvalue weighted by atomic mass is 16.4. The van der Waals surface area contributed by atoms with Crippen LogP contribution in [0, 0.1) is 0 Å². The fourth-order valence-corrected chi connectivity index (χ4v) is 2.10. The molecule has 0 aliphatic carbocycles. The Labute approximate surface area is 105 Å². The Kier molecular flexibility index (Phi) is 3.34. The molecular weight excluding hydrogens is 230 g/mol. The summed E-state index contributed by atoms with van der Waals surface area (Å²) in [6.45, 7) is 4.09. The van der Waals surface area contributed by atoms with E-state index in [9.17, 15) is 4.79 Å². The van der Waals surface area contributed by atoms with Gasteiger partial charge in [-0.25, -0.2) is 4.98 Å². The van der Waals surface area contributed by atoms with Gasteiger partial charge < -0.3 is 15.4 Å². The number of fused-ring (bicyclic) bond motifs is 1. The van der Waals surface area contributed by atoms with Crippen molar-refractivity contribution in [2.45, 2.75) is 32.4 Å². The van der Waals surface area contributed by atoms with Crippen molar-refractivity contribution in [1.29, 1.82) is 0 Å². The van der Waals surface area contributed by atoms with Gasteiger partial charge in [0.2, 0.25) is 0 Å². The second-order valence-electron chi connectivity index (χ2n) is 4.63. The van der Waals surface area contributed by atoms with Gasteiger partial charge in [-0.1, -0.05) is 12.1 Å². The minimum Gasteiger partial charge on any atom is -0.480 e. The summed E-state index contributed by atoms with van der Waals surface area (Å²) >= 11 is 0. The first-order valence-electron chi connectivity index (χ1n) is 5.95. The second kappa shape index (κ2) is 4.78. The van der Waals surface area contributed by atoms with Crippen molar-refractivity contribution in [1.82, 2.24) is 9.55 Å². The molecule has 2 aromatic rings. The minimum atomic E-state index is -1.00. The summed E-state index contributed by atoms with van der Waals surface area (Å²) in [5.41, 5.74) is 7.47. The third kappa shape index (κ3) is 2.22. The first-order chi connectivity index (χ1) is 8.50. The van der Waals surface area contributed by atoms with Crippen LogP contribution in [0.15, 0.2) is 24.3 Å². The second-order valence-corrected chi connectivity index (χ2v) is 4.63. The Morgan fingerprint density at radius 1 is 1.44 bits per heavy atom. The van der Waals surface area contributed by atoms with Crippen LogP contribution in [0.3, 0.4) is 0 Å². The first-order valence-corrected chi connectivity index (χ1v) is 5.95. The van der Waals surface area contributed by atoms with E-state index in [4.69, 9.17) is 10.8 Å². The van der Waals surface area contributed by atoms with Crippen LogP contribution in [0.4, 0.5) is 0 Å². The molecule has 2 rings (SSSR count). The minimum absolute atomic E-state index is 0.216. The molecular formula is C13H17N3O2. The average Bonchev–Trinajstić information content (AvgIpc) is 2.66. The van der Waals surface area contributed by atoms with E-state index in [1.54, 1.807) is 0 Å². The lowest BCUT2D eigenvalue weighted by molar-refractivity contribution is -0.138. The summed E-state index contributed by atoms with van der Waals surface area (Å²) < 4.78 is 2.04. The molecule has 0 aliphatic heterocycles. The number of nitrogens with zero attached hydrogens (tertiary/aromatic N) is 2. The zero-order valence-corrected chi connectivity index (χ0v) is 10.5. The van der Waals surface area contributed by atoms with E-state index in [1.165, 1.54) is 0 Å². The first kappa shape index (κ1) is 12.6. The van der Waals surface area contributed by atoms with E-state index < -0.39 is 12.0 Å². The molecule has 96 valence electrons. The Morgan fingerprint density at radius 3 is 2.72 bits per heavy atom. The van der Waals surface area contributed by atoms with Crippen LogP contribution in [0.25, 0.3) is 11.0 Å². The van der Waals surface area contributed by atoms with Crippen molar-refractivity contribution in [3.8, 4) is 0 Å². The van der Waals surface area contributed by atoms with Gasteiger partial charge in [0.05, 0.1) is 11.0 Å². The van der Waals surface area contributed by atoms with E-state index in [1.807, 2.05) is 42.7 Å². The highest BCUT2D eigenvalue weighted by Crippen LogP contribution is 2.21. The SMILES string of the molecule is CC(C)n1c(CC(N)C(=O)O)nc2ccccc21. The number of para-hydroxylation sites is 2. The quantitative estimate of drug-likeness (QED) is 0.859. The van der Waals surface area contributed by atoms with Gasteiger partial charge in [0.15, 0.2) is 0 Å². The number of benzene rings is 1. The molecule has 1 aromatic heterocycles. The van der Waals surface area contributed by atoms with Crippen LogP contribution in [0.5, 0.6) is 0 Å². The number of hydrogen-bond donors (Lipinski definition) is 2. The van der Waals surface area contributed by atoms with Gasteiger partial charge in [-0.15, -0.1) is 0 Å². The molecule has 0 amide bonds. The third-order valence-electron chi connectivity index (χ3n) is 2.90. The number of nitrogens with two attached hydrogens (primary N) is 1. The molecule has 5 nitrogen and oxygen atoms in total. The summed E-state index contributed by atoms with van der Waals surface area (Å²) in [5, 5.41) is 8.89. The fraction of sp³-hybridized carbons (Fsp3) is 0.385. The Morgan fingerprint density at radius 2 is 2.11 bits per heavy atom. The van der Waals surface area contributed by atoms with Crippen molar-refractivity contribution in [3.05, 3.63) is 30.1 Å². The topological polar surface area (TPSA) is 81.1 Å². The van der Waals surface area contributed by atoms with Gasteiger partial charge in [0.25, 0.3) is 0 Å². The van der Waals surface area contributed by atoms with Gasteiger partial charge in [-0.3, -0.25) is 4.79 Å². The van der Waals surface area contributed by atoms with Crippen LogP contribution in [0.1, 0.15) is 25.7 Å². The molecule has 5 heteroatoms. The van der Waals surface area contributed by atoms with Gasteiger partial charge in [0.1, 0.15) is 11.9 Å². The maximum Gasteiger partial charge on any atom is 0.320 e. The maximum atomic E-state index is 10.8. The zero-order valence-electron chi connectivity index (χ0n) is 10.5. The van der Waals surface area contributed by atoms with Gasteiger partial charge in [-0.05, 0) is 26.0 Å². The van der Waals surface area contributed by atoms with E-state index >= 15 is 0 Å². The van der Waals surface area contributed by atoms with E-state index in [0.717, 1.165) is 16.9 Å². The predicted octanol–water partition coefficient (Wildman–Crippen LogP) is 1.57. The number of aliphatic carboxylic acids is 1. The largest absolute Gasteiger partial charge is 0.480 e. The van der Waals surface area contributed by atoms with Crippen LogP contribution in [-0.2, 0) is 11.2 Å². The van der Waals surface area contributed by atoms with Crippen LogP contribution in [-0.4, -0.2) is 26.7 Å². The van der Waals surface area contributed by atoms with Crippen molar-refractivity contribution >= 4 is 17.0 Å². The lowest BCUT2D eigenvalue weighted by atomic mass is 10.2. The van der Waals surface area contributed by atoms with Crippen LogP contribution < -0.4 is 5.73 Å². The highest BCUT2D eigenvalue weighted by molar-refractivity contribution is 5.77. The molecule has 0 spiro atoms. The molecule has 1 aromatic carbocycles. The number of imidazole rings is 1. The molecule has 3 N–H and O–H groups in total. The molecule has 0 fully saturated rings. The van der Waals surface area contributed by atoms with Crippen LogP contribution >= 0.6 is 0 Å². The number of carboxylic acids is 1. The van der Waals surface area contributed by atoms with Gasteiger partial charge in [-0.2, -0.15) is 0 Å². The molecule has 1 heterocycles. The number of rotatable bonds is 4. The fourth-order valence-electron chi connectivity index (χ4n) is 2.10. The third-order valence-corrected chi connectivity index (χ3v) is 2.90. The molecule has 0 saturated heterocycles. The smallest absolute Gasteiger partial charge is 0.320 e. The summed E-state index contributed by atoms with van der Waals surface area (Å²) in [4.78, 5) is 15.3. The molecule has 0 bridgehead atoms. The molecule has 18 heavy (non-hydrogen) atoms. The summed E-state index contributed by atoms with van der Waals surface area (Å²) in [7, 11) is 0. The maximum absolute atomic E-state index is 10.8. The number of carboxylic acid groups (broad SMARTS) is 1. The van der Waals surface area contributed by atoms with Crippen molar-refractivity contribution in [2.75, 3.05) is 0 Å².